The maximum absolute atomic E-state index is 11.1. The van der Waals surface area contributed by atoms with Crippen molar-refractivity contribution in [3.8, 4) is 0 Å². The van der Waals surface area contributed by atoms with Crippen LogP contribution in [0.3, 0.4) is 0 Å². The minimum Gasteiger partial charge on any atom is -0.359 e. The molecule has 78 valence electrons. The highest BCUT2D eigenvalue weighted by Crippen LogP contribution is 2.40. The molecule has 1 aliphatic carbocycles. The van der Waals surface area contributed by atoms with Crippen molar-refractivity contribution in [1.82, 2.24) is 5.32 Å². The van der Waals surface area contributed by atoms with Gasteiger partial charge in [-0.3, -0.25) is 4.79 Å². The molecule has 0 aromatic heterocycles. The number of carbonyl (C=O) groups excluding carboxylic acids is 1. The molecule has 0 saturated carbocycles. The van der Waals surface area contributed by atoms with Gasteiger partial charge in [0.05, 0.1) is 6.54 Å². The van der Waals surface area contributed by atoms with E-state index in [9.17, 15) is 4.79 Å². The van der Waals surface area contributed by atoms with Gasteiger partial charge in [0.25, 0.3) is 0 Å². The smallest absolute Gasteiger partial charge is 0.246 e. The molecule has 1 amide bonds. The molecule has 2 aliphatic rings. The van der Waals surface area contributed by atoms with Crippen molar-refractivity contribution < 1.29 is 9.53 Å². The van der Waals surface area contributed by atoms with E-state index in [-0.39, 0.29) is 18.1 Å². The predicted octanol–water partition coefficient (Wildman–Crippen LogP) is 0.975. The monoisotopic (exact) mass is 203 g/mol. The second-order valence-electron chi connectivity index (χ2n) is 4.22. The summed E-state index contributed by atoms with van der Waals surface area (Å²) in [6, 6.07) is 8.34. The summed E-state index contributed by atoms with van der Waals surface area (Å²) in [7, 11) is 0. The van der Waals surface area contributed by atoms with Gasteiger partial charge in [-0.15, -0.1) is 0 Å². The van der Waals surface area contributed by atoms with Gasteiger partial charge in [0, 0.05) is 0 Å². The molecule has 1 saturated heterocycles. The Morgan fingerprint density at radius 2 is 2.20 bits per heavy atom. The van der Waals surface area contributed by atoms with Crippen molar-refractivity contribution in [2.75, 3.05) is 13.2 Å². The third-order valence-electron chi connectivity index (χ3n) is 3.36. The Hall–Kier alpha value is -1.35. The zero-order chi connectivity index (χ0) is 10.3. The van der Waals surface area contributed by atoms with Crippen LogP contribution in [0.1, 0.15) is 17.5 Å². The van der Waals surface area contributed by atoms with Crippen molar-refractivity contribution >= 4 is 5.91 Å². The molecule has 1 aromatic carbocycles. The van der Waals surface area contributed by atoms with E-state index in [0.29, 0.717) is 6.54 Å². The molecule has 1 heterocycles. The Morgan fingerprint density at radius 1 is 1.33 bits per heavy atom. The molecule has 3 rings (SSSR count). The number of fused-ring (bicyclic) bond motifs is 2. The minimum atomic E-state index is -0.246. The van der Waals surface area contributed by atoms with Crippen LogP contribution in [0, 0.1) is 0 Å². The Morgan fingerprint density at radius 3 is 3.00 bits per heavy atom. The summed E-state index contributed by atoms with van der Waals surface area (Å²) in [4.78, 5) is 11.1. The Labute approximate surface area is 88.4 Å². The number of rotatable bonds is 0. The summed E-state index contributed by atoms with van der Waals surface area (Å²) in [5, 5.41) is 2.89. The van der Waals surface area contributed by atoms with Gasteiger partial charge in [-0.25, -0.2) is 0 Å². The average molecular weight is 203 g/mol. The largest absolute Gasteiger partial charge is 0.359 e. The molecule has 15 heavy (non-hydrogen) atoms. The number of amides is 1. The number of nitrogens with one attached hydrogen (secondary N) is 1. The van der Waals surface area contributed by atoms with Crippen LogP contribution in [0.4, 0.5) is 0 Å². The van der Waals surface area contributed by atoms with E-state index in [1.54, 1.807) is 0 Å². The Bertz CT molecular complexity index is 404. The second-order valence-corrected chi connectivity index (χ2v) is 4.22. The summed E-state index contributed by atoms with van der Waals surface area (Å²) in [5.41, 5.74) is 2.36. The fraction of sp³-hybridized carbons (Fsp3) is 0.417. The molecule has 0 unspecified atom stereocenters. The number of hydrogen-bond acceptors (Lipinski definition) is 2. The van der Waals surface area contributed by atoms with Crippen LogP contribution in [0.2, 0.25) is 0 Å². The number of benzene rings is 1. The van der Waals surface area contributed by atoms with Gasteiger partial charge in [-0.1, -0.05) is 24.3 Å². The van der Waals surface area contributed by atoms with Crippen molar-refractivity contribution in [3.05, 3.63) is 35.4 Å². The van der Waals surface area contributed by atoms with E-state index in [1.807, 2.05) is 6.07 Å². The number of hydrogen-bond donors (Lipinski definition) is 1. The molecule has 0 bridgehead atoms. The molecular weight excluding hydrogens is 190 g/mol. The first-order valence-corrected chi connectivity index (χ1v) is 5.29. The highest BCUT2D eigenvalue weighted by Gasteiger charge is 2.42. The van der Waals surface area contributed by atoms with Crippen molar-refractivity contribution in [2.24, 2.45) is 0 Å². The Balaban J connectivity index is 1.98. The standard InChI is InChI=1S/C12H13NO2/c14-11-7-15-12(8-13-11)6-5-9-3-1-2-4-10(9)12/h1-4H,5-8H2,(H,13,14)/t12-/m1/s1. The summed E-state index contributed by atoms with van der Waals surface area (Å²) in [5.74, 6) is -0.00925. The lowest BCUT2D eigenvalue weighted by Gasteiger charge is -2.34. The van der Waals surface area contributed by atoms with Gasteiger partial charge in [0.1, 0.15) is 12.2 Å². The van der Waals surface area contributed by atoms with Gasteiger partial charge in [0.2, 0.25) is 5.91 Å². The van der Waals surface area contributed by atoms with Crippen LogP contribution in [-0.4, -0.2) is 19.1 Å². The Kier molecular flexibility index (Phi) is 1.83. The van der Waals surface area contributed by atoms with Gasteiger partial charge in [-0.05, 0) is 24.0 Å². The highest BCUT2D eigenvalue weighted by atomic mass is 16.5. The van der Waals surface area contributed by atoms with Crippen LogP contribution in [0.25, 0.3) is 0 Å². The summed E-state index contributed by atoms with van der Waals surface area (Å²) in [6.07, 6.45) is 2.03. The molecule has 1 fully saturated rings. The predicted molar refractivity (Wildman–Crippen MR) is 55.4 cm³/mol. The van der Waals surface area contributed by atoms with Crippen molar-refractivity contribution in [3.63, 3.8) is 0 Å². The van der Waals surface area contributed by atoms with E-state index in [1.165, 1.54) is 11.1 Å². The highest BCUT2D eigenvalue weighted by molar-refractivity contribution is 5.78. The molecular formula is C12H13NO2. The van der Waals surface area contributed by atoms with Crippen molar-refractivity contribution in [1.29, 1.82) is 0 Å². The SMILES string of the molecule is O=C1CO[C@]2(CCc3ccccc32)CN1. The van der Waals surface area contributed by atoms with Gasteiger partial charge < -0.3 is 10.1 Å². The lowest BCUT2D eigenvalue weighted by Crippen LogP contribution is -2.49. The first-order valence-electron chi connectivity index (χ1n) is 5.29. The first-order chi connectivity index (χ1) is 7.30. The maximum Gasteiger partial charge on any atom is 0.246 e. The first kappa shape index (κ1) is 8.92. The number of carbonyl (C=O) groups is 1. The molecule has 0 radical (unpaired) electrons. The number of morpholine rings is 1. The zero-order valence-electron chi connectivity index (χ0n) is 8.45. The normalized spacial score (nSPS) is 28.9. The molecule has 1 aromatic rings. The molecule has 1 N–H and O–H groups in total. The zero-order valence-corrected chi connectivity index (χ0v) is 8.45. The molecule has 1 spiro atoms. The summed E-state index contributed by atoms with van der Waals surface area (Å²) < 4.78 is 5.75. The van der Waals surface area contributed by atoms with Gasteiger partial charge in [0.15, 0.2) is 0 Å². The average Bonchev–Trinajstić information content (AvgIpc) is 2.63. The van der Waals surface area contributed by atoms with Crippen LogP contribution >= 0.6 is 0 Å². The minimum absolute atomic E-state index is 0.00925. The molecule has 1 atom stereocenters. The molecule has 1 aliphatic heterocycles. The van der Waals surface area contributed by atoms with E-state index in [4.69, 9.17) is 4.74 Å². The summed E-state index contributed by atoms with van der Waals surface area (Å²) >= 11 is 0. The number of aryl methyl sites for hydroxylation is 1. The van der Waals surface area contributed by atoms with Gasteiger partial charge in [-0.2, -0.15) is 0 Å². The van der Waals surface area contributed by atoms with Crippen LogP contribution in [0.15, 0.2) is 24.3 Å². The van der Waals surface area contributed by atoms with Crippen LogP contribution in [-0.2, 0) is 21.6 Å². The third kappa shape index (κ3) is 1.27. The topological polar surface area (TPSA) is 38.3 Å². The fourth-order valence-corrected chi connectivity index (χ4v) is 2.53. The van der Waals surface area contributed by atoms with Gasteiger partial charge >= 0.3 is 0 Å². The van der Waals surface area contributed by atoms with E-state index in [0.717, 1.165) is 12.8 Å². The lowest BCUT2D eigenvalue weighted by atomic mass is 9.94. The van der Waals surface area contributed by atoms with E-state index < -0.39 is 0 Å². The molecule has 3 nitrogen and oxygen atoms in total. The van der Waals surface area contributed by atoms with Crippen LogP contribution < -0.4 is 5.32 Å². The third-order valence-corrected chi connectivity index (χ3v) is 3.36. The quantitative estimate of drug-likeness (QED) is 0.682. The summed E-state index contributed by atoms with van der Waals surface area (Å²) in [6.45, 7) is 0.803. The van der Waals surface area contributed by atoms with Crippen molar-refractivity contribution in [2.45, 2.75) is 18.4 Å². The maximum atomic E-state index is 11.1. The molecule has 3 heteroatoms. The van der Waals surface area contributed by atoms with E-state index >= 15 is 0 Å². The lowest BCUT2D eigenvalue weighted by molar-refractivity contribution is -0.144. The van der Waals surface area contributed by atoms with Crippen LogP contribution in [0.5, 0.6) is 0 Å². The fourth-order valence-electron chi connectivity index (χ4n) is 2.53. The second kappa shape index (κ2) is 3.07. The van der Waals surface area contributed by atoms with E-state index in [2.05, 4.69) is 23.5 Å². The number of ether oxygens (including phenoxy) is 1.